The second-order valence-electron chi connectivity index (χ2n) is 2.51. The summed E-state index contributed by atoms with van der Waals surface area (Å²) in [5.74, 6) is 0.145. The van der Waals surface area contributed by atoms with E-state index in [-0.39, 0.29) is 16.9 Å². The molecule has 0 atom stereocenters. The molecule has 1 aliphatic heterocycles. The number of hydrogen-bond donors (Lipinski definition) is 0. The van der Waals surface area contributed by atoms with Gasteiger partial charge in [-0.05, 0) is 0 Å². The molecule has 0 aromatic carbocycles. The van der Waals surface area contributed by atoms with Gasteiger partial charge in [0.2, 0.25) is 5.91 Å². The zero-order chi connectivity index (χ0) is 9.26. The van der Waals surface area contributed by atoms with Crippen LogP contribution in [0.3, 0.4) is 0 Å². The molecule has 0 spiro atoms. The fraction of sp³-hybridized carbons (Fsp3) is 0.286. The van der Waals surface area contributed by atoms with E-state index >= 15 is 0 Å². The molecule has 1 aromatic rings. The van der Waals surface area contributed by atoms with Crippen LogP contribution in [-0.4, -0.2) is 26.8 Å². The van der Waals surface area contributed by atoms with E-state index < -0.39 is 0 Å². The summed E-state index contributed by atoms with van der Waals surface area (Å²) in [7, 11) is 0. The molecule has 2 heterocycles. The first kappa shape index (κ1) is 8.71. The van der Waals surface area contributed by atoms with E-state index in [0.717, 1.165) is 17.5 Å². The molecule has 4 nitrogen and oxygen atoms in total. The molecular weight excluding hydrogens is 208 g/mol. The van der Waals surface area contributed by atoms with Crippen LogP contribution in [0.4, 0.5) is 4.79 Å². The standard InChI is InChI=1S/C7H6N2O2S2/c10-6-3-13-7(11)9(6)1-5-2-12-4-8-5/h2,4H,1,3H2. The average molecular weight is 214 g/mol. The lowest BCUT2D eigenvalue weighted by Gasteiger charge is -2.09. The van der Waals surface area contributed by atoms with E-state index in [1.54, 1.807) is 5.51 Å². The number of thiazole rings is 1. The third kappa shape index (κ3) is 1.73. The highest BCUT2D eigenvalue weighted by Gasteiger charge is 2.29. The number of carbonyl (C=O) groups excluding carboxylic acids is 2. The molecule has 1 aromatic heterocycles. The lowest BCUT2D eigenvalue weighted by molar-refractivity contribution is -0.125. The Morgan fingerprint density at radius 1 is 1.54 bits per heavy atom. The van der Waals surface area contributed by atoms with Crippen LogP contribution in [0.2, 0.25) is 0 Å². The minimum atomic E-state index is -0.169. The lowest BCUT2D eigenvalue weighted by Crippen LogP contribution is -2.27. The van der Waals surface area contributed by atoms with Gasteiger partial charge in [-0.15, -0.1) is 11.3 Å². The summed E-state index contributed by atoms with van der Waals surface area (Å²) in [6.07, 6.45) is 0. The summed E-state index contributed by atoms with van der Waals surface area (Å²) in [5, 5.41) is 1.67. The summed E-state index contributed by atoms with van der Waals surface area (Å²) < 4.78 is 0. The monoisotopic (exact) mass is 214 g/mol. The van der Waals surface area contributed by atoms with Crippen molar-refractivity contribution in [1.82, 2.24) is 9.88 Å². The number of carbonyl (C=O) groups is 2. The van der Waals surface area contributed by atoms with E-state index in [2.05, 4.69) is 4.98 Å². The first-order valence-corrected chi connectivity index (χ1v) is 5.54. The van der Waals surface area contributed by atoms with E-state index in [1.807, 2.05) is 5.38 Å². The third-order valence-electron chi connectivity index (χ3n) is 1.64. The van der Waals surface area contributed by atoms with E-state index in [0.29, 0.717) is 6.54 Å². The zero-order valence-electron chi connectivity index (χ0n) is 6.60. The Morgan fingerprint density at radius 2 is 2.38 bits per heavy atom. The van der Waals surface area contributed by atoms with Gasteiger partial charge in [0.15, 0.2) is 0 Å². The van der Waals surface area contributed by atoms with E-state index in [1.165, 1.54) is 16.2 Å². The van der Waals surface area contributed by atoms with E-state index in [4.69, 9.17) is 0 Å². The largest absolute Gasteiger partial charge is 0.289 e. The molecule has 0 saturated carbocycles. The average Bonchev–Trinajstić information content (AvgIpc) is 2.70. The number of nitrogens with zero attached hydrogens (tertiary/aromatic N) is 2. The molecule has 2 rings (SSSR count). The molecule has 13 heavy (non-hydrogen) atoms. The Kier molecular flexibility index (Phi) is 2.32. The Bertz CT molecular complexity index is 320. The normalized spacial score (nSPS) is 17.1. The fourth-order valence-electron chi connectivity index (χ4n) is 1.01. The van der Waals surface area contributed by atoms with Gasteiger partial charge < -0.3 is 0 Å². The van der Waals surface area contributed by atoms with Crippen molar-refractivity contribution in [1.29, 1.82) is 0 Å². The predicted octanol–water partition coefficient (Wildman–Crippen LogP) is 1.34. The highest BCUT2D eigenvalue weighted by atomic mass is 32.2. The maximum absolute atomic E-state index is 11.2. The number of hydrogen-bond acceptors (Lipinski definition) is 5. The molecule has 6 heteroatoms. The number of aromatic nitrogens is 1. The molecular formula is C7H6N2O2S2. The summed E-state index contributed by atoms with van der Waals surface area (Å²) in [6.45, 7) is 0.314. The molecule has 0 radical (unpaired) electrons. The second kappa shape index (κ2) is 3.47. The van der Waals surface area contributed by atoms with Gasteiger partial charge in [0, 0.05) is 5.38 Å². The predicted molar refractivity (Wildman–Crippen MR) is 50.5 cm³/mol. The van der Waals surface area contributed by atoms with Gasteiger partial charge in [-0.3, -0.25) is 14.5 Å². The molecule has 0 bridgehead atoms. The van der Waals surface area contributed by atoms with Crippen LogP contribution in [-0.2, 0) is 11.3 Å². The van der Waals surface area contributed by atoms with Crippen LogP contribution >= 0.6 is 23.1 Å². The molecule has 68 valence electrons. The van der Waals surface area contributed by atoms with Gasteiger partial charge in [-0.2, -0.15) is 0 Å². The van der Waals surface area contributed by atoms with Gasteiger partial charge in [-0.1, -0.05) is 11.8 Å². The van der Waals surface area contributed by atoms with Crippen molar-refractivity contribution in [3.8, 4) is 0 Å². The van der Waals surface area contributed by atoms with Crippen LogP contribution in [0.5, 0.6) is 0 Å². The fourth-order valence-corrected chi connectivity index (χ4v) is 2.29. The van der Waals surface area contributed by atoms with Crippen molar-refractivity contribution in [3.05, 3.63) is 16.6 Å². The quantitative estimate of drug-likeness (QED) is 0.745. The molecule has 1 fully saturated rings. The topological polar surface area (TPSA) is 50.3 Å². The van der Waals surface area contributed by atoms with Crippen molar-refractivity contribution in [2.45, 2.75) is 6.54 Å². The zero-order valence-corrected chi connectivity index (χ0v) is 8.23. The number of amides is 2. The van der Waals surface area contributed by atoms with Crippen molar-refractivity contribution < 1.29 is 9.59 Å². The second-order valence-corrected chi connectivity index (χ2v) is 4.16. The minimum absolute atomic E-state index is 0.122. The Balaban J connectivity index is 2.09. The number of rotatable bonds is 2. The van der Waals surface area contributed by atoms with Gasteiger partial charge >= 0.3 is 0 Å². The molecule has 1 saturated heterocycles. The molecule has 0 N–H and O–H groups in total. The highest BCUT2D eigenvalue weighted by molar-refractivity contribution is 8.14. The van der Waals surface area contributed by atoms with Crippen LogP contribution < -0.4 is 0 Å². The molecule has 0 aliphatic carbocycles. The van der Waals surface area contributed by atoms with Crippen molar-refractivity contribution >= 4 is 34.2 Å². The minimum Gasteiger partial charge on any atom is -0.273 e. The number of thioether (sulfide) groups is 1. The SMILES string of the molecule is O=C1CSC(=O)N1Cc1cscn1. The molecule has 0 unspecified atom stereocenters. The van der Waals surface area contributed by atoms with Gasteiger partial charge in [0.25, 0.3) is 5.24 Å². The van der Waals surface area contributed by atoms with Crippen molar-refractivity contribution in [2.24, 2.45) is 0 Å². The van der Waals surface area contributed by atoms with Crippen LogP contribution in [0.1, 0.15) is 5.69 Å². The van der Waals surface area contributed by atoms with Gasteiger partial charge in [-0.25, -0.2) is 4.98 Å². The first-order valence-electron chi connectivity index (χ1n) is 3.61. The maximum atomic E-state index is 11.2. The molecule has 1 aliphatic rings. The lowest BCUT2D eigenvalue weighted by atomic mass is 10.4. The van der Waals surface area contributed by atoms with Crippen LogP contribution in [0, 0.1) is 0 Å². The van der Waals surface area contributed by atoms with Gasteiger partial charge in [0.1, 0.15) is 0 Å². The first-order chi connectivity index (χ1) is 6.27. The maximum Gasteiger partial charge on any atom is 0.289 e. The third-order valence-corrected chi connectivity index (χ3v) is 3.14. The summed E-state index contributed by atoms with van der Waals surface area (Å²) in [4.78, 5) is 27.6. The van der Waals surface area contributed by atoms with Crippen LogP contribution in [0.25, 0.3) is 0 Å². The Hall–Kier alpha value is -0.880. The Morgan fingerprint density at radius 3 is 2.92 bits per heavy atom. The van der Waals surface area contributed by atoms with Gasteiger partial charge in [0.05, 0.1) is 23.5 Å². The smallest absolute Gasteiger partial charge is 0.273 e. The van der Waals surface area contributed by atoms with Crippen LogP contribution in [0.15, 0.2) is 10.9 Å². The summed E-state index contributed by atoms with van der Waals surface area (Å²) in [6, 6.07) is 0. The van der Waals surface area contributed by atoms with Crippen molar-refractivity contribution in [2.75, 3.05) is 5.75 Å². The Labute approximate surface area is 83.0 Å². The van der Waals surface area contributed by atoms with Crippen molar-refractivity contribution in [3.63, 3.8) is 0 Å². The molecule has 2 amide bonds. The highest BCUT2D eigenvalue weighted by Crippen LogP contribution is 2.20. The summed E-state index contributed by atoms with van der Waals surface area (Å²) in [5.41, 5.74) is 2.46. The summed E-state index contributed by atoms with van der Waals surface area (Å²) >= 11 is 2.51. The number of imide groups is 1. The van der Waals surface area contributed by atoms with E-state index in [9.17, 15) is 9.59 Å².